The van der Waals surface area contributed by atoms with Crippen LogP contribution in [0.1, 0.15) is 99.8 Å². The van der Waals surface area contributed by atoms with Crippen LogP contribution in [0.2, 0.25) is 0 Å². The summed E-state index contributed by atoms with van der Waals surface area (Å²) in [5.74, 6) is 0.0866. The Kier molecular flexibility index (Phi) is 6.75. The van der Waals surface area contributed by atoms with Crippen LogP contribution in [0.25, 0.3) is 0 Å². The van der Waals surface area contributed by atoms with Crippen LogP contribution >= 0.6 is 0 Å². The van der Waals surface area contributed by atoms with Crippen molar-refractivity contribution in [2.75, 3.05) is 6.61 Å². The van der Waals surface area contributed by atoms with Crippen LogP contribution in [-0.4, -0.2) is 47.1 Å². The molecule has 6 nitrogen and oxygen atoms in total. The number of fused-ring (bicyclic) bond motifs is 4. The first-order valence-corrected chi connectivity index (χ1v) is 14.8. The minimum atomic E-state index is -0.769. The van der Waals surface area contributed by atoms with E-state index in [0.717, 1.165) is 51.4 Å². The smallest absolute Gasteiger partial charge is 0.333 e. The molecule has 1 aliphatic heterocycles. The van der Waals surface area contributed by atoms with Gasteiger partial charge in [0.1, 0.15) is 18.8 Å². The van der Waals surface area contributed by atoms with Gasteiger partial charge in [0.2, 0.25) is 0 Å². The van der Waals surface area contributed by atoms with E-state index in [9.17, 15) is 19.8 Å². The van der Waals surface area contributed by atoms with E-state index >= 15 is 0 Å². The van der Waals surface area contributed by atoms with Crippen LogP contribution in [0, 0.1) is 39.4 Å². The van der Waals surface area contributed by atoms with E-state index in [0.29, 0.717) is 18.1 Å². The van der Waals surface area contributed by atoms with Crippen molar-refractivity contribution in [3.05, 3.63) is 22.8 Å². The first kappa shape index (κ1) is 27.9. The van der Waals surface area contributed by atoms with Crippen molar-refractivity contribution in [2.24, 2.45) is 39.4 Å². The number of allylic oxidation sites excluding steroid dienone is 1. The SMILES string of the molecule is CC(=O)OCC12CCC(O)C(C)(C)C1CCC1=C2CCC2(C)C(C(C)C3OC(=O)C(C)=CC3O)CCC12C. The second kappa shape index (κ2) is 9.19. The van der Waals surface area contributed by atoms with Crippen molar-refractivity contribution in [2.45, 2.75) is 118 Å². The highest BCUT2D eigenvalue weighted by Crippen LogP contribution is 2.72. The van der Waals surface area contributed by atoms with Crippen LogP contribution in [-0.2, 0) is 19.1 Å². The molecule has 0 aromatic heterocycles. The highest BCUT2D eigenvalue weighted by molar-refractivity contribution is 5.88. The lowest BCUT2D eigenvalue weighted by Crippen LogP contribution is -2.58. The summed E-state index contributed by atoms with van der Waals surface area (Å²) in [6.45, 7) is 15.0. The number of ether oxygens (including phenoxy) is 2. The zero-order valence-electron chi connectivity index (χ0n) is 24.4. The molecule has 9 unspecified atom stereocenters. The van der Waals surface area contributed by atoms with E-state index in [1.54, 1.807) is 18.6 Å². The van der Waals surface area contributed by atoms with Gasteiger partial charge in [0.25, 0.3) is 0 Å². The number of cyclic esters (lactones) is 1. The fourth-order valence-electron chi connectivity index (χ4n) is 10.1. The number of carbonyl (C=O) groups is 2. The molecule has 212 valence electrons. The molecule has 1 heterocycles. The lowest BCUT2D eigenvalue weighted by molar-refractivity contribution is -0.159. The summed E-state index contributed by atoms with van der Waals surface area (Å²) in [6, 6.07) is 0. The number of esters is 2. The van der Waals surface area contributed by atoms with Crippen LogP contribution in [0.15, 0.2) is 22.8 Å². The maximum atomic E-state index is 12.4. The molecule has 4 aliphatic carbocycles. The Balaban J connectivity index is 1.53. The van der Waals surface area contributed by atoms with Gasteiger partial charge in [-0.3, -0.25) is 4.79 Å². The van der Waals surface area contributed by atoms with Gasteiger partial charge in [-0.05, 0) is 98.4 Å². The Morgan fingerprint density at radius 3 is 2.47 bits per heavy atom. The second-order valence-corrected chi connectivity index (χ2v) is 14.3. The fourth-order valence-corrected chi connectivity index (χ4v) is 10.1. The van der Waals surface area contributed by atoms with Crippen molar-refractivity contribution in [1.82, 2.24) is 0 Å². The standard InChI is InChI=1S/C32H48O6/c1-18-16-24(34)27(38-28(18)36)19(2)21-10-13-31(7)22-8-9-25-29(4,5)26(35)12-15-32(25,17-37-20(3)33)23(22)11-14-30(21,31)6/h16,19,21,24-27,34-35H,8-15,17H2,1-7H3. The molecule has 2 saturated carbocycles. The van der Waals surface area contributed by atoms with Gasteiger partial charge in [0.15, 0.2) is 0 Å². The van der Waals surface area contributed by atoms with Gasteiger partial charge in [0.05, 0.1) is 6.10 Å². The van der Waals surface area contributed by atoms with Crippen LogP contribution in [0.4, 0.5) is 0 Å². The molecule has 0 spiro atoms. The summed E-state index contributed by atoms with van der Waals surface area (Å²) in [7, 11) is 0. The number of aliphatic hydroxyl groups excluding tert-OH is 2. The molecule has 2 N–H and O–H groups in total. The number of hydrogen-bond donors (Lipinski definition) is 2. The quantitative estimate of drug-likeness (QED) is 0.369. The number of hydrogen-bond acceptors (Lipinski definition) is 6. The summed E-state index contributed by atoms with van der Waals surface area (Å²) in [5, 5.41) is 21.8. The predicted octanol–water partition coefficient (Wildman–Crippen LogP) is 5.51. The minimum absolute atomic E-state index is 0.00327. The summed E-state index contributed by atoms with van der Waals surface area (Å²) in [4.78, 5) is 24.4. The molecule has 0 bridgehead atoms. The van der Waals surface area contributed by atoms with E-state index in [4.69, 9.17) is 9.47 Å². The Hall–Kier alpha value is -1.66. The average Bonchev–Trinajstić information content (AvgIpc) is 3.13. The highest BCUT2D eigenvalue weighted by Gasteiger charge is 2.65. The van der Waals surface area contributed by atoms with Crippen molar-refractivity contribution in [3.63, 3.8) is 0 Å². The first-order chi connectivity index (χ1) is 17.7. The summed E-state index contributed by atoms with van der Waals surface area (Å²) in [6.07, 6.45) is 7.75. The maximum absolute atomic E-state index is 12.4. The molecule has 0 aromatic rings. The van der Waals surface area contributed by atoms with Crippen LogP contribution in [0.5, 0.6) is 0 Å². The molecular weight excluding hydrogens is 480 g/mol. The molecule has 2 fully saturated rings. The van der Waals surface area contributed by atoms with Crippen LogP contribution < -0.4 is 0 Å². The highest BCUT2D eigenvalue weighted by atomic mass is 16.6. The third-order valence-electron chi connectivity index (χ3n) is 12.5. The van der Waals surface area contributed by atoms with Gasteiger partial charge in [0, 0.05) is 17.9 Å². The van der Waals surface area contributed by atoms with Gasteiger partial charge in [-0.15, -0.1) is 0 Å². The molecule has 0 radical (unpaired) electrons. The fraction of sp³-hybridized carbons (Fsp3) is 0.812. The molecule has 0 amide bonds. The Bertz CT molecular complexity index is 1070. The zero-order chi connectivity index (χ0) is 27.8. The van der Waals surface area contributed by atoms with Gasteiger partial charge < -0.3 is 19.7 Å². The van der Waals surface area contributed by atoms with E-state index < -0.39 is 12.2 Å². The third kappa shape index (κ3) is 3.79. The Morgan fingerprint density at radius 2 is 1.79 bits per heavy atom. The van der Waals surface area contributed by atoms with Gasteiger partial charge in [-0.1, -0.05) is 45.8 Å². The molecule has 0 aromatic carbocycles. The topological polar surface area (TPSA) is 93.1 Å². The van der Waals surface area contributed by atoms with E-state index in [-0.39, 0.29) is 51.5 Å². The van der Waals surface area contributed by atoms with Crippen molar-refractivity contribution in [3.8, 4) is 0 Å². The van der Waals surface area contributed by atoms with Crippen molar-refractivity contribution >= 4 is 11.9 Å². The van der Waals surface area contributed by atoms with Gasteiger partial charge >= 0.3 is 11.9 Å². The monoisotopic (exact) mass is 528 g/mol. The number of aliphatic hydroxyl groups is 2. The molecule has 0 saturated heterocycles. The predicted molar refractivity (Wildman–Crippen MR) is 145 cm³/mol. The Morgan fingerprint density at radius 1 is 1.08 bits per heavy atom. The van der Waals surface area contributed by atoms with Crippen LogP contribution in [0.3, 0.4) is 0 Å². The molecule has 38 heavy (non-hydrogen) atoms. The van der Waals surface area contributed by atoms with E-state index in [2.05, 4.69) is 34.6 Å². The van der Waals surface area contributed by atoms with Crippen molar-refractivity contribution < 1.29 is 29.3 Å². The third-order valence-corrected chi connectivity index (χ3v) is 12.5. The minimum Gasteiger partial charge on any atom is -0.465 e. The lowest BCUT2D eigenvalue weighted by Gasteiger charge is -2.62. The van der Waals surface area contributed by atoms with Gasteiger partial charge in [-0.2, -0.15) is 0 Å². The summed E-state index contributed by atoms with van der Waals surface area (Å²) < 4.78 is 11.6. The summed E-state index contributed by atoms with van der Waals surface area (Å²) in [5.41, 5.74) is 3.12. The average molecular weight is 529 g/mol. The number of carbonyl (C=O) groups excluding carboxylic acids is 2. The molecule has 5 aliphatic rings. The second-order valence-electron chi connectivity index (χ2n) is 14.3. The molecule has 9 atom stereocenters. The first-order valence-electron chi connectivity index (χ1n) is 14.8. The zero-order valence-corrected chi connectivity index (χ0v) is 24.4. The molecular formula is C32H48O6. The molecule has 6 heteroatoms. The van der Waals surface area contributed by atoms with E-state index in [1.165, 1.54) is 12.5 Å². The number of rotatable bonds is 4. The lowest BCUT2D eigenvalue weighted by atomic mass is 9.43. The van der Waals surface area contributed by atoms with Crippen molar-refractivity contribution in [1.29, 1.82) is 0 Å². The van der Waals surface area contributed by atoms with Gasteiger partial charge in [-0.25, -0.2) is 4.79 Å². The van der Waals surface area contributed by atoms with E-state index in [1.807, 2.05) is 0 Å². The maximum Gasteiger partial charge on any atom is 0.333 e. The normalized spacial score (nSPS) is 44.8. The largest absolute Gasteiger partial charge is 0.465 e. The molecule has 5 rings (SSSR count). The summed E-state index contributed by atoms with van der Waals surface area (Å²) >= 11 is 0. The Labute approximate surface area is 228 Å².